The highest BCUT2D eigenvalue weighted by Gasteiger charge is 2.12. The van der Waals surface area contributed by atoms with E-state index in [1.165, 1.54) is 5.57 Å². The zero-order valence-electron chi connectivity index (χ0n) is 8.14. The summed E-state index contributed by atoms with van der Waals surface area (Å²) >= 11 is 0. The number of hydrogen-bond donors (Lipinski definition) is 0. The molecule has 1 aliphatic carbocycles. The maximum absolute atomic E-state index is 5.32. The molecule has 2 nitrogen and oxygen atoms in total. The smallest absolute Gasteiger partial charge is 0.231 e. The monoisotopic (exact) mass is 198 g/mol. The number of allylic oxidation sites excluding steroid dienone is 5. The van der Waals surface area contributed by atoms with Gasteiger partial charge in [0.05, 0.1) is 0 Å². The average molecular weight is 198 g/mol. The molecule has 2 aliphatic rings. The summed E-state index contributed by atoms with van der Waals surface area (Å²) in [5, 5.41) is 0. The molecule has 0 atom stereocenters. The van der Waals surface area contributed by atoms with Crippen molar-refractivity contribution in [1.82, 2.24) is 0 Å². The summed E-state index contributed by atoms with van der Waals surface area (Å²) in [6.45, 7) is 0.329. The van der Waals surface area contributed by atoms with Crippen LogP contribution in [0.5, 0.6) is 11.5 Å². The Hall–Kier alpha value is -1.96. The molecular formula is C13H10O2. The van der Waals surface area contributed by atoms with Crippen molar-refractivity contribution in [3.05, 3.63) is 53.6 Å². The Morgan fingerprint density at radius 2 is 1.80 bits per heavy atom. The summed E-state index contributed by atoms with van der Waals surface area (Å²) < 4.78 is 10.6. The summed E-state index contributed by atoms with van der Waals surface area (Å²) in [5.41, 5.74) is 2.33. The molecule has 0 radical (unpaired) electrons. The van der Waals surface area contributed by atoms with Crippen molar-refractivity contribution in [1.29, 1.82) is 0 Å². The zero-order valence-corrected chi connectivity index (χ0v) is 8.14. The van der Waals surface area contributed by atoms with E-state index in [2.05, 4.69) is 18.2 Å². The fourth-order valence-electron chi connectivity index (χ4n) is 1.68. The second kappa shape index (κ2) is 3.31. The van der Waals surface area contributed by atoms with Crippen LogP contribution >= 0.6 is 0 Å². The highest BCUT2D eigenvalue weighted by atomic mass is 16.7. The van der Waals surface area contributed by atoms with Gasteiger partial charge in [-0.1, -0.05) is 30.4 Å². The minimum absolute atomic E-state index is 0.329. The lowest BCUT2D eigenvalue weighted by Crippen LogP contribution is -1.92. The molecule has 2 heteroatoms. The first-order valence-electron chi connectivity index (χ1n) is 4.88. The van der Waals surface area contributed by atoms with E-state index in [4.69, 9.17) is 9.47 Å². The van der Waals surface area contributed by atoms with Crippen LogP contribution in [0.2, 0.25) is 0 Å². The van der Waals surface area contributed by atoms with Crippen LogP contribution in [0.15, 0.2) is 48.1 Å². The fourth-order valence-corrected chi connectivity index (χ4v) is 1.68. The first-order chi connectivity index (χ1) is 7.42. The molecule has 0 N–H and O–H groups in total. The van der Waals surface area contributed by atoms with Crippen molar-refractivity contribution in [2.24, 2.45) is 0 Å². The minimum Gasteiger partial charge on any atom is -0.454 e. The SMILES string of the molecule is C1=CC(=Cc2ccc3c(c2)OCO3)C=C1. The Balaban J connectivity index is 1.96. The maximum Gasteiger partial charge on any atom is 0.231 e. The van der Waals surface area contributed by atoms with Gasteiger partial charge in [0.2, 0.25) is 6.79 Å². The Labute approximate surface area is 88.1 Å². The molecule has 0 bridgehead atoms. The number of fused-ring (bicyclic) bond motifs is 1. The largest absolute Gasteiger partial charge is 0.454 e. The minimum atomic E-state index is 0.329. The van der Waals surface area contributed by atoms with Crippen LogP contribution in [0.3, 0.4) is 0 Å². The molecule has 0 saturated heterocycles. The van der Waals surface area contributed by atoms with Crippen molar-refractivity contribution in [3.63, 3.8) is 0 Å². The van der Waals surface area contributed by atoms with E-state index >= 15 is 0 Å². The van der Waals surface area contributed by atoms with Crippen LogP contribution in [0.25, 0.3) is 6.08 Å². The first kappa shape index (κ1) is 8.36. The third kappa shape index (κ3) is 1.54. The molecule has 1 aliphatic heterocycles. The lowest BCUT2D eigenvalue weighted by Gasteiger charge is -1.98. The van der Waals surface area contributed by atoms with Crippen LogP contribution < -0.4 is 9.47 Å². The summed E-state index contributed by atoms with van der Waals surface area (Å²) in [7, 11) is 0. The van der Waals surface area contributed by atoms with Crippen molar-refractivity contribution < 1.29 is 9.47 Å². The molecule has 1 aromatic rings. The Bertz CT molecular complexity index is 467. The van der Waals surface area contributed by atoms with Gasteiger partial charge in [-0.3, -0.25) is 0 Å². The van der Waals surface area contributed by atoms with Gasteiger partial charge in [0.15, 0.2) is 11.5 Å². The van der Waals surface area contributed by atoms with Crippen molar-refractivity contribution in [2.45, 2.75) is 0 Å². The van der Waals surface area contributed by atoms with E-state index in [0.29, 0.717) is 6.79 Å². The van der Waals surface area contributed by atoms with Gasteiger partial charge in [0.1, 0.15) is 0 Å². The maximum atomic E-state index is 5.32. The van der Waals surface area contributed by atoms with Crippen molar-refractivity contribution in [3.8, 4) is 11.5 Å². The van der Waals surface area contributed by atoms with Gasteiger partial charge in [-0.05, 0) is 29.3 Å². The number of ether oxygens (including phenoxy) is 2. The van der Waals surface area contributed by atoms with E-state index < -0.39 is 0 Å². The Morgan fingerprint density at radius 1 is 1.00 bits per heavy atom. The molecule has 1 heterocycles. The van der Waals surface area contributed by atoms with E-state index in [1.807, 2.05) is 30.4 Å². The van der Waals surface area contributed by atoms with E-state index in [0.717, 1.165) is 17.1 Å². The van der Waals surface area contributed by atoms with E-state index in [9.17, 15) is 0 Å². The number of hydrogen-bond acceptors (Lipinski definition) is 2. The van der Waals surface area contributed by atoms with Gasteiger partial charge in [-0.2, -0.15) is 0 Å². The summed E-state index contributed by atoms with van der Waals surface area (Å²) in [6, 6.07) is 5.97. The predicted octanol–water partition coefficient (Wildman–Crippen LogP) is 2.92. The molecule has 3 rings (SSSR count). The Morgan fingerprint density at radius 3 is 2.67 bits per heavy atom. The average Bonchev–Trinajstić information content (AvgIpc) is 2.87. The molecule has 0 aromatic heterocycles. The third-order valence-corrected chi connectivity index (χ3v) is 2.42. The molecule has 0 spiro atoms. The normalized spacial score (nSPS) is 16.1. The standard InChI is InChI=1S/C13H10O2/c1-2-4-10(3-1)7-11-5-6-12-13(8-11)15-9-14-12/h1-8H,9H2. The van der Waals surface area contributed by atoms with Gasteiger partial charge in [-0.25, -0.2) is 0 Å². The molecule has 0 fully saturated rings. The molecule has 1 aromatic carbocycles. The fraction of sp³-hybridized carbons (Fsp3) is 0.0769. The van der Waals surface area contributed by atoms with Crippen LogP contribution in [-0.4, -0.2) is 6.79 Å². The number of benzene rings is 1. The summed E-state index contributed by atoms with van der Waals surface area (Å²) in [4.78, 5) is 0. The predicted molar refractivity (Wildman–Crippen MR) is 58.8 cm³/mol. The Kier molecular flexibility index (Phi) is 1.85. The molecule has 0 amide bonds. The van der Waals surface area contributed by atoms with Gasteiger partial charge in [0, 0.05) is 0 Å². The topological polar surface area (TPSA) is 18.5 Å². The van der Waals surface area contributed by atoms with Crippen LogP contribution in [0.4, 0.5) is 0 Å². The number of rotatable bonds is 1. The van der Waals surface area contributed by atoms with E-state index in [1.54, 1.807) is 0 Å². The summed E-state index contributed by atoms with van der Waals surface area (Å²) in [5.74, 6) is 1.66. The zero-order chi connectivity index (χ0) is 10.1. The van der Waals surface area contributed by atoms with Crippen molar-refractivity contribution >= 4 is 6.08 Å². The lowest BCUT2D eigenvalue weighted by atomic mass is 10.1. The highest BCUT2D eigenvalue weighted by Crippen LogP contribution is 2.33. The molecule has 0 unspecified atom stereocenters. The lowest BCUT2D eigenvalue weighted by molar-refractivity contribution is 0.174. The van der Waals surface area contributed by atoms with Gasteiger partial charge in [0.25, 0.3) is 0 Å². The van der Waals surface area contributed by atoms with Crippen LogP contribution in [0.1, 0.15) is 5.56 Å². The first-order valence-corrected chi connectivity index (χ1v) is 4.88. The molecule has 15 heavy (non-hydrogen) atoms. The quantitative estimate of drug-likeness (QED) is 0.690. The van der Waals surface area contributed by atoms with Gasteiger partial charge < -0.3 is 9.47 Å². The van der Waals surface area contributed by atoms with Gasteiger partial charge >= 0.3 is 0 Å². The molecule has 0 saturated carbocycles. The summed E-state index contributed by atoms with van der Waals surface area (Å²) in [6.07, 6.45) is 10.3. The van der Waals surface area contributed by atoms with Crippen molar-refractivity contribution in [2.75, 3.05) is 6.79 Å². The highest BCUT2D eigenvalue weighted by molar-refractivity contribution is 5.64. The second-order valence-electron chi connectivity index (χ2n) is 3.48. The van der Waals surface area contributed by atoms with Crippen LogP contribution in [0, 0.1) is 0 Å². The van der Waals surface area contributed by atoms with Gasteiger partial charge in [-0.15, -0.1) is 0 Å². The molecule has 74 valence electrons. The second-order valence-corrected chi connectivity index (χ2v) is 3.48. The van der Waals surface area contributed by atoms with E-state index in [-0.39, 0.29) is 0 Å². The van der Waals surface area contributed by atoms with Crippen LogP contribution in [-0.2, 0) is 0 Å². The third-order valence-electron chi connectivity index (χ3n) is 2.42. The molecular weight excluding hydrogens is 188 g/mol.